The minimum atomic E-state index is -0.369. The second kappa shape index (κ2) is 10.2. The molecule has 2 heterocycles. The maximum atomic E-state index is 13.9. The Labute approximate surface area is 193 Å². The zero-order valence-electron chi connectivity index (χ0n) is 19.2. The van der Waals surface area contributed by atoms with Gasteiger partial charge in [-0.2, -0.15) is 0 Å². The summed E-state index contributed by atoms with van der Waals surface area (Å²) in [7, 11) is 1.68. The molecule has 0 unspecified atom stereocenters. The minimum Gasteiger partial charge on any atom is -0.487 e. The summed E-state index contributed by atoms with van der Waals surface area (Å²) in [6, 6.07) is 9.99. The van der Waals surface area contributed by atoms with Gasteiger partial charge in [0.05, 0.1) is 16.6 Å². The number of rotatable bonds is 8. The number of anilines is 1. The number of fused-ring (bicyclic) bond motifs is 1. The molecule has 1 fully saturated rings. The number of imidazole rings is 1. The van der Waals surface area contributed by atoms with Crippen LogP contribution < -0.4 is 10.5 Å². The van der Waals surface area contributed by atoms with E-state index in [1.807, 2.05) is 11.0 Å². The molecule has 0 atom stereocenters. The van der Waals surface area contributed by atoms with Gasteiger partial charge < -0.3 is 24.7 Å². The first kappa shape index (κ1) is 23.0. The molecule has 33 heavy (non-hydrogen) atoms. The highest BCUT2D eigenvalue weighted by molar-refractivity contribution is 6.06. The Bertz CT molecular complexity index is 1120. The van der Waals surface area contributed by atoms with Gasteiger partial charge in [-0.15, -0.1) is 0 Å². The standard InChI is InChI=1S/C25H31FN4O3/c1-3-23-28-21-16-17(27)15-19(24(21)30(23)11-6-14-32-2)25(31)29-12-9-18(10-13-29)33-22-8-5-4-7-20(22)26/h4-5,7-8,15-16,18H,3,6,9-14,27H2,1-2H3. The van der Waals surface area contributed by atoms with Crippen LogP contribution in [-0.4, -0.2) is 53.3 Å². The van der Waals surface area contributed by atoms with Gasteiger partial charge in [-0.05, 0) is 30.7 Å². The van der Waals surface area contributed by atoms with E-state index in [1.165, 1.54) is 6.07 Å². The highest BCUT2D eigenvalue weighted by atomic mass is 19.1. The van der Waals surface area contributed by atoms with Crippen molar-refractivity contribution in [3.8, 4) is 5.75 Å². The number of nitrogens with two attached hydrogens (primary N) is 1. The normalized spacial score (nSPS) is 14.7. The predicted octanol–water partition coefficient (Wildman–Crippen LogP) is 4.04. The monoisotopic (exact) mass is 454 g/mol. The summed E-state index contributed by atoms with van der Waals surface area (Å²) >= 11 is 0. The smallest absolute Gasteiger partial charge is 0.256 e. The van der Waals surface area contributed by atoms with E-state index in [-0.39, 0.29) is 23.6 Å². The first-order valence-electron chi connectivity index (χ1n) is 11.5. The van der Waals surface area contributed by atoms with Crippen LogP contribution in [0.4, 0.5) is 10.1 Å². The lowest BCUT2D eigenvalue weighted by atomic mass is 10.0. The van der Waals surface area contributed by atoms with Crippen molar-refractivity contribution in [1.82, 2.24) is 14.5 Å². The minimum absolute atomic E-state index is 0.0628. The number of carbonyl (C=O) groups excluding carboxylic acids is 1. The number of aromatic nitrogens is 2. The molecule has 1 saturated heterocycles. The van der Waals surface area contributed by atoms with E-state index in [2.05, 4.69) is 11.5 Å². The van der Waals surface area contributed by atoms with Gasteiger partial charge in [-0.25, -0.2) is 9.37 Å². The van der Waals surface area contributed by atoms with Gasteiger partial charge in [0.15, 0.2) is 11.6 Å². The van der Waals surface area contributed by atoms with Crippen molar-refractivity contribution in [2.45, 2.75) is 45.3 Å². The summed E-state index contributed by atoms with van der Waals surface area (Å²) in [5, 5.41) is 0. The van der Waals surface area contributed by atoms with Gasteiger partial charge >= 0.3 is 0 Å². The van der Waals surface area contributed by atoms with Crippen molar-refractivity contribution in [2.75, 3.05) is 32.5 Å². The molecule has 7 nitrogen and oxygen atoms in total. The van der Waals surface area contributed by atoms with E-state index < -0.39 is 0 Å². The summed E-state index contributed by atoms with van der Waals surface area (Å²) in [6.45, 7) is 4.48. The fourth-order valence-electron chi connectivity index (χ4n) is 4.45. The molecule has 0 saturated carbocycles. The fraction of sp³-hybridized carbons (Fsp3) is 0.440. The van der Waals surface area contributed by atoms with E-state index in [0.29, 0.717) is 43.8 Å². The topological polar surface area (TPSA) is 82.6 Å². The quantitative estimate of drug-likeness (QED) is 0.410. The summed E-state index contributed by atoms with van der Waals surface area (Å²) in [5.41, 5.74) is 8.80. The van der Waals surface area contributed by atoms with Gasteiger partial charge in [0.1, 0.15) is 11.9 Å². The van der Waals surface area contributed by atoms with Crippen molar-refractivity contribution in [3.05, 3.63) is 53.6 Å². The number of methoxy groups -OCH3 is 1. The van der Waals surface area contributed by atoms with E-state index in [9.17, 15) is 9.18 Å². The maximum absolute atomic E-state index is 13.9. The Morgan fingerprint density at radius 1 is 1.24 bits per heavy atom. The third-order valence-corrected chi connectivity index (χ3v) is 6.08. The molecule has 2 N–H and O–H groups in total. The summed E-state index contributed by atoms with van der Waals surface area (Å²) < 4.78 is 27.1. The Morgan fingerprint density at radius 2 is 2.00 bits per heavy atom. The molecule has 1 aliphatic rings. The number of ether oxygens (including phenoxy) is 2. The van der Waals surface area contributed by atoms with Crippen molar-refractivity contribution in [2.24, 2.45) is 0 Å². The maximum Gasteiger partial charge on any atom is 0.256 e. The van der Waals surface area contributed by atoms with Crippen LogP contribution in [0.5, 0.6) is 5.75 Å². The van der Waals surface area contributed by atoms with Crippen LogP contribution >= 0.6 is 0 Å². The lowest BCUT2D eigenvalue weighted by molar-refractivity contribution is 0.0590. The summed E-state index contributed by atoms with van der Waals surface area (Å²) in [5.74, 6) is 0.753. The van der Waals surface area contributed by atoms with Crippen molar-refractivity contribution in [1.29, 1.82) is 0 Å². The predicted molar refractivity (Wildman–Crippen MR) is 126 cm³/mol. The van der Waals surface area contributed by atoms with Crippen molar-refractivity contribution >= 4 is 22.6 Å². The van der Waals surface area contributed by atoms with Crippen molar-refractivity contribution in [3.63, 3.8) is 0 Å². The lowest BCUT2D eigenvalue weighted by Crippen LogP contribution is -2.42. The summed E-state index contributed by atoms with van der Waals surface area (Å²) in [4.78, 5) is 20.1. The highest BCUT2D eigenvalue weighted by Gasteiger charge is 2.28. The molecule has 176 valence electrons. The molecule has 1 amide bonds. The number of piperidine rings is 1. The molecule has 0 radical (unpaired) electrons. The Balaban J connectivity index is 1.54. The number of hydrogen-bond acceptors (Lipinski definition) is 5. The van der Waals surface area contributed by atoms with Crippen LogP contribution in [0, 0.1) is 5.82 Å². The second-order valence-electron chi connectivity index (χ2n) is 8.36. The Kier molecular flexibility index (Phi) is 7.13. The van der Waals surface area contributed by atoms with Crippen LogP contribution in [0.15, 0.2) is 36.4 Å². The van der Waals surface area contributed by atoms with Gasteiger partial charge in [0.25, 0.3) is 5.91 Å². The van der Waals surface area contributed by atoms with Crippen LogP contribution in [0.3, 0.4) is 0 Å². The molecular formula is C25H31FN4O3. The van der Waals surface area contributed by atoms with E-state index in [0.717, 1.165) is 36.2 Å². The third kappa shape index (κ3) is 4.95. The highest BCUT2D eigenvalue weighted by Crippen LogP contribution is 2.28. The number of halogens is 1. The first-order valence-corrected chi connectivity index (χ1v) is 11.5. The first-order chi connectivity index (χ1) is 16.0. The molecule has 0 aliphatic carbocycles. The van der Waals surface area contributed by atoms with Crippen molar-refractivity contribution < 1.29 is 18.7 Å². The molecule has 3 aromatic rings. The number of carbonyl (C=O) groups is 1. The van der Waals surface area contributed by atoms with Crippen LogP contribution in [0.2, 0.25) is 0 Å². The third-order valence-electron chi connectivity index (χ3n) is 6.08. The molecular weight excluding hydrogens is 423 g/mol. The molecule has 1 aromatic heterocycles. The Hall–Kier alpha value is -3.13. The Morgan fingerprint density at radius 3 is 2.70 bits per heavy atom. The van der Waals surface area contributed by atoms with Gasteiger partial charge in [0, 0.05) is 58.3 Å². The number of para-hydroxylation sites is 1. The number of nitrogens with zero attached hydrogens (tertiary/aromatic N) is 3. The zero-order chi connectivity index (χ0) is 23.4. The average Bonchev–Trinajstić information content (AvgIpc) is 3.17. The second-order valence-corrected chi connectivity index (χ2v) is 8.36. The number of amides is 1. The van der Waals surface area contributed by atoms with E-state index >= 15 is 0 Å². The van der Waals surface area contributed by atoms with Crippen LogP contribution in [0.25, 0.3) is 11.0 Å². The fourth-order valence-corrected chi connectivity index (χ4v) is 4.45. The van der Waals surface area contributed by atoms with Gasteiger partial charge in [-0.1, -0.05) is 19.1 Å². The number of aryl methyl sites for hydroxylation is 2. The molecule has 2 aromatic carbocycles. The average molecular weight is 455 g/mol. The largest absolute Gasteiger partial charge is 0.487 e. The number of nitrogen functional groups attached to an aromatic ring is 1. The zero-order valence-corrected chi connectivity index (χ0v) is 19.2. The lowest BCUT2D eigenvalue weighted by Gasteiger charge is -2.32. The SMILES string of the molecule is CCc1nc2cc(N)cc(C(=O)N3CCC(Oc4ccccc4F)CC3)c2n1CCCOC. The molecule has 8 heteroatoms. The van der Waals surface area contributed by atoms with Gasteiger partial charge in [-0.3, -0.25) is 4.79 Å². The number of likely N-dealkylation sites (tertiary alicyclic amines) is 1. The molecule has 4 rings (SSSR count). The molecule has 1 aliphatic heterocycles. The van der Waals surface area contributed by atoms with Crippen LogP contribution in [0.1, 0.15) is 42.4 Å². The molecule has 0 spiro atoms. The van der Waals surface area contributed by atoms with Gasteiger partial charge in [0.2, 0.25) is 0 Å². The van der Waals surface area contributed by atoms with Crippen LogP contribution in [-0.2, 0) is 17.7 Å². The number of hydrogen-bond donors (Lipinski definition) is 1. The molecule has 0 bridgehead atoms. The number of benzene rings is 2. The van der Waals surface area contributed by atoms with E-state index in [1.54, 1.807) is 31.4 Å². The van der Waals surface area contributed by atoms with E-state index in [4.69, 9.17) is 20.2 Å². The summed E-state index contributed by atoms with van der Waals surface area (Å²) in [6.07, 6.45) is 2.73.